The Morgan fingerprint density at radius 2 is 2.10 bits per heavy atom. The lowest BCUT2D eigenvalue weighted by Crippen LogP contribution is -2.44. The highest BCUT2D eigenvalue weighted by Crippen LogP contribution is 2.49. The van der Waals surface area contributed by atoms with Crippen molar-refractivity contribution in [3.63, 3.8) is 0 Å². The second-order valence-corrected chi connectivity index (χ2v) is 6.19. The van der Waals surface area contributed by atoms with Crippen LogP contribution in [0.25, 0.3) is 11.3 Å². The van der Waals surface area contributed by atoms with Gasteiger partial charge in [-0.15, -0.1) is 0 Å². The van der Waals surface area contributed by atoms with Gasteiger partial charge in [0.05, 0.1) is 0 Å². The number of benzene rings is 1. The molecule has 1 saturated heterocycles. The molecule has 2 aromatic rings. The SMILES string of the molecule is Cn1cc2c(n1)-c1cc(F)ccc1OC21CCN(Cl)CC1. The third-order valence-corrected chi connectivity index (χ3v) is 4.68. The summed E-state index contributed by atoms with van der Waals surface area (Å²) in [4.78, 5) is 0. The van der Waals surface area contributed by atoms with Gasteiger partial charge in [-0.3, -0.25) is 4.68 Å². The monoisotopic (exact) mass is 307 g/mol. The zero-order chi connectivity index (χ0) is 14.6. The molecule has 4 rings (SSSR count). The molecule has 0 amide bonds. The first-order valence-corrected chi connectivity index (χ1v) is 7.35. The number of hydrogen-bond acceptors (Lipinski definition) is 3. The molecular formula is C15H15ClFN3O. The normalized spacial score (nSPS) is 20.0. The van der Waals surface area contributed by atoms with Gasteiger partial charge in [-0.05, 0) is 30.0 Å². The minimum absolute atomic E-state index is 0.277. The van der Waals surface area contributed by atoms with Crippen molar-refractivity contribution >= 4 is 11.8 Å². The van der Waals surface area contributed by atoms with E-state index in [9.17, 15) is 4.39 Å². The maximum absolute atomic E-state index is 13.6. The number of nitrogens with zero attached hydrogens (tertiary/aromatic N) is 3. The van der Waals surface area contributed by atoms with E-state index in [0.29, 0.717) is 5.75 Å². The van der Waals surface area contributed by atoms with Crippen LogP contribution in [0.1, 0.15) is 18.4 Å². The lowest BCUT2D eigenvalue weighted by Gasteiger charge is -2.42. The molecule has 6 heteroatoms. The van der Waals surface area contributed by atoms with Crippen molar-refractivity contribution in [2.45, 2.75) is 18.4 Å². The summed E-state index contributed by atoms with van der Waals surface area (Å²) in [5, 5.41) is 4.53. The molecule has 0 N–H and O–H groups in total. The summed E-state index contributed by atoms with van der Waals surface area (Å²) >= 11 is 6.08. The fourth-order valence-electron chi connectivity index (χ4n) is 3.27. The van der Waals surface area contributed by atoms with Crippen LogP contribution in [-0.4, -0.2) is 27.3 Å². The first-order valence-electron chi connectivity index (χ1n) is 7.01. The summed E-state index contributed by atoms with van der Waals surface area (Å²) in [6.07, 6.45) is 3.57. The number of rotatable bonds is 0. The third-order valence-electron chi connectivity index (χ3n) is 4.34. The van der Waals surface area contributed by atoms with Gasteiger partial charge in [0.25, 0.3) is 0 Å². The van der Waals surface area contributed by atoms with Crippen molar-refractivity contribution < 1.29 is 9.13 Å². The molecular weight excluding hydrogens is 293 g/mol. The van der Waals surface area contributed by atoms with Crippen LogP contribution in [0.15, 0.2) is 24.4 Å². The molecule has 4 nitrogen and oxygen atoms in total. The lowest BCUT2D eigenvalue weighted by atomic mass is 9.81. The Morgan fingerprint density at radius 1 is 1.33 bits per heavy atom. The van der Waals surface area contributed by atoms with Crippen molar-refractivity contribution in [2.24, 2.45) is 7.05 Å². The topological polar surface area (TPSA) is 30.3 Å². The molecule has 0 atom stereocenters. The average Bonchev–Trinajstić information content (AvgIpc) is 2.86. The Morgan fingerprint density at radius 3 is 2.86 bits per heavy atom. The van der Waals surface area contributed by atoms with Gasteiger partial charge in [0.1, 0.15) is 22.9 Å². The fraction of sp³-hybridized carbons (Fsp3) is 0.400. The summed E-state index contributed by atoms with van der Waals surface area (Å²) in [5.74, 6) is 0.422. The molecule has 1 aromatic carbocycles. The molecule has 1 aromatic heterocycles. The van der Waals surface area contributed by atoms with E-state index in [4.69, 9.17) is 16.5 Å². The summed E-state index contributed by atoms with van der Waals surface area (Å²) in [7, 11) is 1.88. The minimum atomic E-state index is -0.403. The van der Waals surface area contributed by atoms with Gasteiger partial charge in [-0.2, -0.15) is 5.10 Å². The van der Waals surface area contributed by atoms with Gasteiger partial charge < -0.3 is 4.74 Å². The molecule has 0 unspecified atom stereocenters. The van der Waals surface area contributed by atoms with E-state index in [1.54, 1.807) is 15.2 Å². The van der Waals surface area contributed by atoms with Crippen LogP contribution in [0.2, 0.25) is 0 Å². The summed E-state index contributed by atoms with van der Waals surface area (Å²) in [5.41, 5.74) is 2.18. The van der Waals surface area contributed by atoms with Crippen molar-refractivity contribution in [1.29, 1.82) is 0 Å². The van der Waals surface area contributed by atoms with Crippen LogP contribution in [0, 0.1) is 5.82 Å². The van der Waals surface area contributed by atoms with Gasteiger partial charge in [-0.1, -0.05) is 0 Å². The van der Waals surface area contributed by atoms with Crippen LogP contribution in [0.3, 0.4) is 0 Å². The smallest absolute Gasteiger partial charge is 0.140 e. The predicted molar refractivity (Wildman–Crippen MR) is 77.6 cm³/mol. The number of fused-ring (bicyclic) bond motifs is 4. The summed E-state index contributed by atoms with van der Waals surface area (Å²) in [6, 6.07) is 4.61. The first-order chi connectivity index (χ1) is 10.1. The number of piperidine rings is 1. The second kappa shape index (κ2) is 4.45. The summed E-state index contributed by atoms with van der Waals surface area (Å²) in [6.45, 7) is 1.51. The third kappa shape index (κ3) is 1.95. The van der Waals surface area contributed by atoms with E-state index in [1.807, 2.05) is 13.2 Å². The van der Waals surface area contributed by atoms with Crippen LogP contribution in [0.4, 0.5) is 4.39 Å². The summed E-state index contributed by atoms with van der Waals surface area (Å²) < 4.78 is 23.4. The lowest BCUT2D eigenvalue weighted by molar-refractivity contribution is 0.0138. The maximum atomic E-state index is 13.6. The van der Waals surface area contributed by atoms with Crippen LogP contribution >= 0.6 is 11.8 Å². The Balaban J connectivity index is 1.89. The minimum Gasteiger partial charge on any atom is -0.482 e. The molecule has 21 heavy (non-hydrogen) atoms. The molecule has 0 radical (unpaired) electrons. The zero-order valence-electron chi connectivity index (χ0n) is 11.6. The molecule has 0 aliphatic carbocycles. The Labute approximate surface area is 127 Å². The highest BCUT2D eigenvalue weighted by molar-refractivity contribution is 6.13. The van der Waals surface area contributed by atoms with Gasteiger partial charge in [0.15, 0.2) is 0 Å². The van der Waals surface area contributed by atoms with E-state index >= 15 is 0 Å². The molecule has 110 valence electrons. The number of ether oxygens (including phenoxy) is 1. The predicted octanol–water partition coefficient (Wildman–Crippen LogP) is 3.06. The van der Waals surface area contributed by atoms with Crippen LogP contribution in [0.5, 0.6) is 5.75 Å². The second-order valence-electron chi connectivity index (χ2n) is 5.71. The Hall–Kier alpha value is -1.59. The van der Waals surface area contributed by atoms with Crippen molar-refractivity contribution in [1.82, 2.24) is 14.2 Å². The van der Waals surface area contributed by atoms with Crippen LogP contribution in [-0.2, 0) is 12.6 Å². The standard InChI is InChI=1S/C15H15ClFN3O/c1-19-9-12-14(18-19)11-8-10(17)2-3-13(11)21-15(12)4-6-20(16)7-5-15/h2-3,8-9H,4-7H2,1H3. The number of hydrogen-bond donors (Lipinski definition) is 0. The molecule has 1 spiro atoms. The van der Waals surface area contributed by atoms with Crippen molar-refractivity contribution in [3.05, 3.63) is 35.8 Å². The maximum Gasteiger partial charge on any atom is 0.140 e. The number of aromatic nitrogens is 2. The van der Waals surface area contributed by atoms with Gasteiger partial charge in [0, 0.05) is 50.3 Å². The van der Waals surface area contributed by atoms with E-state index < -0.39 is 5.60 Å². The van der Waals surface area contributed by atoms with E-state index in [2.05, 4.69) is 5.10 Å². The molecule has 3 heterocycles. The molecule has 0 bridgehead atoms. The van der Waals surface area contributed by atoms with Crippen LogP contribution < -0.4 is 4.74 Å². The van der Waals surface area contributed by atoms with Gasteiger partial charge >= 0.3 is 0 Å². The molecule has 0 saturated carbocycles. The number of halogens is 2. The Bertz CT molecular complexity index is 707. The Kier molecular flexibility index (Phi) is 2.78. The first kappa shape index (κ1) is 13.1. The highest BCUT2D eigenvalue weighted by Gasteiger charge is 2.45. The largest absolute Gasteiger partial charge is 0.482 e. The molecule has 2 aliphatic rings. The average molecular weight is 308 g/mol. The van der Waals surface area contributed by atoms with E-state index in [0.717, 1.165) is 42.8 Å². The molecule has 2 aliphatic heterocycles. The fourth-order valence-corrected chi connectivity index (χ4v) is 3.44. The van der Waals surface area contributed by atoms with Crippen molar-refractivity contribution in [2.75, 3.05) is 13.1 Å². The van der Waals surface area contributed by atoms with Gasteiger partial charge in [0.2, 0.25) is 0 Å². The molecule has 1 fully saturated rings. The van der Waals surface area contributed by atoms with Gasteiger partial charge in [-0.25, -0.2) is 8.81 Å². The zero-order valence-corrected chi connectivity index (χ0v) is 12.4. The highest BCUT2D eigenvalue weighted by atomic mass is 35.5. The quantitative estimate of drug-likeness (QED) is 0.701. The van der Waals surface area contributed by atoms with E-state index in [1.165, 1.54) is 12.1 Å². The number of aryl methyl sites for hydroxylation is 1. The van der Waals surface area contributed by atoms with Crippen molar-refractivity contribution in [3.8, 4) is 17.0 Å². The van der Waals surface area contributed by atoms with E-state index in [-0.39, 0.29) is 5.82 Å².